The Labute approximate surface area is 182 Å². The van der Waals surface area contributed by atoms with E-state index in [9.17, 15) is 9.59 Å². The smallest absolute Gasteiger partial charge is 0.256 e. The lowest BCUT2D eigenvalue weighted by atomic mass is 9.89. The van der Waals surface area contributed by atoms with Gasteiger partial charge in [0.05, 0.1) is 12.8 Å². The average Bonchev–Trinajstić information content (AvgIpc) is 3.22. The van der Waals surface area contributed by atoms with Gasteiger partial charge in [0.2, 0.25) is 0 Å². The summed E-state index contributed by atoms with van der Waals surface area (Å²) < 4.78 is 11.0. The number of fused-ring (bicyclic) bond motifs is 1. The van der Waals surface area contributed by atoms with Gasteiger partial charge >= 0.3 is 0 Å². The molecule has 0 atom stereocenters. The zero-order valence-electron chi connectivity index (χ0n) is 18.1. The molecule has 4 rings (SSSR count). The van der Waals surface area contributed by atoms with Gasteiger partial charge in [-0.2, -0.15) is 0 Å². The Morgan fingerprint density at radius 3 is 2.39 bits per heavy atom. The molecular weight excluding hydrogens is 394 g/mol. The monoisotopic (exact) mass is 421 g/mol. The molecule has 2 aliphatic heterocycles. The van der Waals surface area contributed by atoms with Gasteiger partial charge in [-0.25, -0.2) is 4.99 Å². The minimum atomic E-state index is -0.248. The quantitative estimate of drug-likeness (QED) is 0.821. The first kappa shape index (κ1) is 21.1. The van der Waals surface area contributed by atoms with Crippen molar-refractivity contribution in [1.82, 2.24) is 10.2 Å². The molecule has 0 saturated carbocycles. The normalized spacial score (nSPS) is 15.8. The fraction of sp³-hybridized carbons (Fsp3) is 0.375. The van der Waals surface area contributed by atoms with Gasteiger partial charge in [-0.05, 0) is 54.7 Å². The number of benzene rings is 2. The third-order valence-electron chi connectivity index (χ3n) is 5.80. The van der Waals surface area contributed by atoms with Crippen molar-refractivity contribution in [3.63, 3.8) is 0 Å². The third-order valence-corrected chi connectivity index (χ3v) is 5.80. The molecule has 0 radical (unpaired) electrons. The van der Waals surface area contributed by atoms with Crippen molar-refractivity contribution < 1.29 is 19.1 Å². The number of nitrogens with zero attached hydrogens (tertiary/aromatic N) is 2. The van der Waals surface area contributed by atoms with Crippen molar-refractivity contribution in [3.8, 4) is 5.75 Å². The van der Waals surface area contributed by atoms with Crippen LogP contribution in [0.2, 0.25) is 0 Å². The molecule has 1 saturated heterocycles. The minimum Gasteiger partial charge on any atom is -0.496 e. The van der Waals surface area contributed by atoms with Crippen molar-refractivity contribution >= 4 is 23.3 Å². The van der Waals surface area contributed by atoms with Gasteiger partial charge in [-0.3, -0.25) is 9.59 Å². The lowest BCUT2D eigenvalue weighted by Gasteiger charge is -2.24. The number of amidine groups is 1. The average molecular weight is 421 g/mol. The molecule has 2 aliphatic rings. The molecule has 2 amide bonds. The molecule has 0 aliphatic carbocycles. The van der Waals surface area contributed by atoms with Crippen LogP contribution in [0, 0.1) is 0 Å². The molecule has 0 aromatic heterocycles. The van der Waals surface area contributed by atoms with Crippen LogP contribution in [0.25, 0.3) is 0 Å². The molecule has 7 heteroatoms. The van der Waals surface area contributed by atoms with Gasteiger partial charge in [-0.15, -0.1) is 0 Å². The largest absolute Gasteiger partial charge is 0.496 e. The second-order valence-electron chi connectivity index (χ2n) is 8.04. The second-order valence-corrected chi connectivity index (χ2v) is 8.04. The highest BCUT2D eigenvalue weighted by Gasteiger charge is 2.27. The first-order valence-electron chi connectivity index (χ1n) is 10.5. The van der Waals surface area contributed by atoms with E-state index in [0.29, 0.717) is 29.3 Å². The molecular formula is C24H27N3O4. The van der Waals surface area contributed by atoms with Gasteiger partial charge in [0.25, 0.3) is 11.8 Å². The van der Waals surface area contributed by atoms with Crippen molar-refractivity contribution in [2.75, 3.05) is 34.4 Å². The molecule has 7 nitrogen and oxygen atoms in total. The molecule has 0 bridgehead atoms. The molecule has 31 heavy (non-hydrogen) atoms. The van der Waals surface area contributed by atoms with Crippen LogP contribution in [0.1, 0.15) is 50.6 Å². The summed E-state index contributed by atoms with van der Waals surface area (Å²) in [7, 11) is 5.04. The number of hydrogen-bond donors (Lipinski definition) is 1. The number of hydrogen-bond acceptors (Lipinski definition) is 5. The van der Waals surface area contributed by atoms with E-state index >= 15 is 0 Å². The topological polar surface area (TPSA) is 80.2 Å². The first-order chi connectivity index (χ1) is 15.0. The van der Waals surface area contributed by atoms with Crippen molar-refractivity contribution in [2.24, 2.45) is 4.99 Å². The molecule has 0 unspecified atom stereocenters. The SMILES string of the molecule is COc1ccc(C2CCOCC2)c2c1CC(NC(=O)c1ccc(C(=O)N(C)C)cc1)=N2. The molecule has 162 valence electrons. The van der Waals surface area contributed by atoms with E-state index in [1.54, 1.807) is 45.5 Å². The number of aliphatic imine (C=N–C) groups is 1. The summed E-state index contributed by atoms with van der Waals surface area (Å²) in [6.45, 7) is 1.51. The fourth-order valence-electron chi connectivity index (χ4n) is 4.11. The third kappa shape index (κ3) is 4.32. The first-order valence-corrected chi connectivity index (χ1v) is 10.5. The summed E-state index contributed by atoms with van der Waals surface area (Å²) >= 11 is 0. The summed E-state index contributed by atoms with van der Waals surface area (Å²) in [6.07, 6.45) is 2.44. The number of carbonyl (C=O) groups excluding carboxylic acids is 2. The van der Waals surface area contributed by atoms with Crippen LogP contribution in [0.5, 0.6) is 5.75 Å². The van der Waals surface area contributed by atoms with Crippen LogP contribution in [-0.4, -0.2) is 57.0 Å². The number of nitrogens with one attached hydrogen (secondary N) is 1. The molecule has 0 spiro atoms. The van der Waals surface area contributed by atoms with Gasteiger partial charge in [-0.1, -0.05) is 6.07 Å². The Morgan fingerprint density at radius 2 is 1.74 bits per heavy atom. The van der Waals surface area contributed by atoms with Gasteiger partial charge < -0.3 is 19.7 Å². The molecule has 2 aromatic carbocycles. The standard InChI is InChI=1S/C24H27N3O4/c1-27(2)24(29)17-6-4-16(5-7-17)23(28)26-21-14-19-20(30-3)9-8-18(22(19)25-21)15-10-12-31-13-11-15/h4-9,15H,10-14H2,1-3H3,(H,25,26,28). The van der Waals surface area contributed by atoms with Crippen LogP contribution in [0.15, 0.2) is 41.4 Å². The number of methoxy groups -OCH3 is 1. The lowest BCUT2D eigenvalue weighted by molar-refractivity contribution is 0.0826. The highest BCUT2D eigenvalue weighted by atomic mass is 16.5. The molecule has 2 aromatic rings. The Hall–Kier alpha value is -3.19. The summed E-state index contributed by atoms with van der Waals surface area (Å²) in [4.78, 5) is 31.1. The van der Waals surface area contributed by atoms with Gasteiger partial charge in [0.1, 0.15) is 11.6 Å². The van der Waals surface area contributed by atoms with E-state index in [-0.39, 0.29) is 11.8 Å². The highest BCUT2D eigenvalue weighted by Crippen LogP contribution is 2.42. The van der Waals surface area contributed by atoms with Gasteiger partial charge in [0.15, 0.2) is 0 Å². The van der Waals surface area contributed by atoms with Crippen LogP contribution >= 0.6 is 0 Å². The van der Waals surface area contributed by atoms with Crippen LogP contribution in [0.3, 0.4) is 0 Å². The van der Waals surface area contributed by atoms with E-state index in [1.165, 1.54) is 10.5 Å². The summed E-state index contributed by atoms with van der Waals surface area (Å²) in [6, 6.07) is 10.7. The fourth-order valence-corrected chi connectivity index (χ4v) is 4.11. The van der Waals surface area contributed by atoms with Crippen molar-refractivity contribution in [1.29, 1.82) is 0 Å². The zero-order valence-corrected chi connectivity index (χ0v) is 18.1. The predicted molar refractivity (Wildman–Crippen MR) is 119 cm³/mol. The predicted octanol–water partition coefficient (Wildman–Crippen LogP) is 3.31. The van der Waals surface area contributed by atoms with Crippen molar-refractivity contribution in [2.45, 2.75) is 25.2 Å². The summed E-state index contributed by atoms with van der Waals surface area (Å²) in [5.41, 5.74) is 4.13. The van der Waals surface area contributed by atoms with Crippen LogP contribution < -0.4 is 10.1 Å². The van der Waals surface area contributed by atoms with Gasteiger partial charge in [0, 0.05) is 50.4 Å². The van der Waals surface area contributed by atoms with Crippen LogP contribution in [0.4, 0.5) is 5.69 Å². The highest BCUT2D eigenvalue weighted by molar-refractivity contribution is 6.09. The van der Waals surface area contributed by atoms with E-state index in [4.69, 9.17) is 14.5 Å². The maximum atomic E-state index is 12.8. The van der Waals surface area contributed by atoms with E-state index in [2.05, 4.69) is 11.4 Å². The van der Waals surface area contributed by atoms with E-state index in [0.717, 1.165) is 43.1 Å². The second kappa shape index (κ2) is 8.89. The number of ether oxygens (including phenoxy) is 2. The number of carbonyl (C=O) groups is 2. The van der Waals surface area contributed by atoms with Crippen LogP contribution in [-0.2, 0) is 11.2 Å². The molecule has 1 fully saturated rings. The number of rotatable bonds is 4. The van der Waals surface area contributed by atoms with E-state index in [1.807, 2.05) is 6.07 Å². The Morgan fingerprint density at radius 1 is 1.06 bits per heavy atom. The maximum absolute atomic E-state index is 12.8. The summed E-state index contributed by atoms with van der Waals surface area (Å²) in [5.74, 6) is 1.43. The molecule has 1 N–H and O–H groups in total. The summed E-state index contributed by atoms with van der Waals surface area (Å²) in [5, 5.41) is 2.93. The van der Waals surface area contributed by atoms with Crippen molar-refractivity contribution in [3.05, 3.63) is 58.7 Å². The Kier molecular flexibility index (Phi) is 6.04. The minimum absolute atomic E-state index is 0.102. The molecule has 2 heterocycles. The van der Waals surface area contributed by atoms with E-state index < -0.39 is 0 Å². The number of amides is 2. The Bertz CT molecular complexity index is 1020. The lowest BCUT2D eigenvalue weighted by Crippen LogP contribution is -2.30. The Balaban J connectivity index is 1.53. The zero-order chi connectivity index (χ0) is 22.0. The maximum Gasteiger partial charge on any atom is 0.256 e.